The second-order valence-electron chi connectivity index (χ2n) is 8.39. The Hall–Kier alpha value is -3.19. The number of fused-ring (bicyclic) bond motifs is 1. The number of hydrogen-bond donors (Lipinski definition) is 2. The molecule has 1 atom stereocenters. The molecule has 30 heavy (non-hydrogen) atoms. The van der Waals surface area contributed by atoms with Gasteiger partial charge in [-0.05, 0) is 42.2 Å². The fourth-order valence-corrected chi connectivity index (χ4v) is 4.14. The average molecular weight is 408 g/mol. The van der Waals surface area contributed by atoms with E-state index in [2.05, 4.69) is 10.3 Å². The molecule has 0 spiro atoms. The van der Waals surface area contributed by atoms with Gasteiger partial charge in [0.2, 0.25) is 0 Å². The first-order valence-corrected chi connectivity index (χ1v) is 9.73. The highest BCUT2D eigenvalue weighted by Gasteiger charge is 2.40. The van der Waals surface area contributed by atoms with Crippen LogP contribution >= 0.6 is 0 Å². The maximum Gasteiger partial charge on any atom is 0.257 e. The van der Waals surface area contributed by atoms with Crippen molar-refractivity contribution in [3.05, 3.63) is 52.9 Å². The third-order valence-electron chi connectivity index (χ3n) is 5.57. The van der Waals surface area contributed by atoms with Gasteiger partial charge < -0.3 is 19.9 Å². The smallest absolute Gasteiger partial charge is 0.257 e. The quantitative estimate of drug-likeness (QED) is 0.810. The van der Waals surface area contributed by atoms with Crippen molar-refractivity contribution >= 4 is 11.7 Å². The van der Waals surface area contributed by atoms with Crippen LogP contribution in [0.15, 0.2) is 41.6 Å². The molecule has 156 valence electrons. The Morgan fingerprint density at radius 3 is 2.53 bits per heavy atom. The topological polar surface area (TPSA) is 97.8 Å². The van der Waals surface area contributed by atoms with Crippen molar-refractivity contribution in [2.24, 2.45) is 5.41 Å². The molecule has 0 fully saturated rings. The van der Waals surface area contributed by atoms with Crippen molar-refractivity contribution in [1.82, 2.24) is 10.3 Å². The molecule has 0 radical (unpaired) electrons. The van der Waals surface area contributed by atoms with Crippen LogP contribution in [0, 0.1) is 5.41 Å². The van der Waals surface area contributed by atoms with Gasteiger partial charge in [0.25, 0.3) is 5.91 Å². The molecule has 1 unspecified atom stereocenters. The summed E-state index contributed by atoms with van der Waals surface area (Å²) in [5, 5.41) is 13.9. The van der Waals surface area contributed by atoms with Gasteiger partial charge >= 0.3 is 0 Å². The van der Waals surface area contributed by atoms with Crippen LogP contribution in [-0.2, 0) is 4.79 Å². The Labute approximate surface area is 174 Å². The number of allylic oxidation sites excluding steroid dienone is 1. The van der Waals surface area contributed by atoms with Gasteiger partial charge in [0.1, 0.15) is 17.6 Å². The minimum atomic E-state index is -1.28. The number of pyridine rings is 1. The summed E-state index contributed by atoms with van der Waals surface area (Å²) in [6.07, 6.45) is -0.479. The predicted molar refractivity (Wildman–Crippen MR) is 110 cm³/mol. The molecule has 2 aromatic rings. The second-order valence-corrected chi connectivity index (χ2v) is 8.39. The van der Waals surface area contributed by atoms with Gasteiger partial charge in [-0.2, -0.15) is 0 Å². The maximum atomic E-state index is 12.8. The summed E-state index contributed by atoms with van der Waals surface area (Å²) in [5.41, 5.74) is 1.98. The van der Waals surface area contributed by atoms with Crippen molar-refractivity contribution in [2.45, 2.75) is 32.8 Å². The molecule has 2 heterocycles. The lowest BCUT2D eigenvalue weighted by molar-refractivity contribution is -0.119. The zero-order valence-corrected chi connectivity index (χ0v) is 17.4. The molecular formula is C23H24N2O5. The molecular weight excluding hydrogens is 384 g/mol. The molecule has 7 nitrogen and oxygen atoms in total. The normalized spacial score (nSPS) is 20.1. The number of aliphatic hydroxyl groups is 1. The van der Waals surface area contributed by atoms with Crippen LogP contribution in [-0.4, -0.2) is 36.0 Å². The first-order valence-electron chi connectivity index (χ1n) is 9.73. The number of benzene rings is 1. The highest BCUT2D eigenvalue weighted by molar-refractivity contribution is 6.04. The minimum absolute atomic E-state index is 0.160. The Bertz CT molecular complexity index is 1090. The zero-order valence-electron chi connectivity index (χ0n) is 17.4. The largest absolute Gasteiger partial charge is 0.497 e. The van der Waals surface area contributed by atoms with Gasteiger partial charge in [0, 0.05) is 23.3 Å². The van der Waals surface area contributed by atoms with E-state index in [0.29, 0.717) is 41.3 Å². The van der Waals surface area contributed by atoms with Gasteiger partial charge in [0.05, 0.1) is 31.2 Å². The predicted octanol–water partition coefficient (Wildman–Crippen LogP) is 3.19. The van der Waals surface area contributed by atoms with E-state index < -0.39 is 6.10 Å². The summed E-state index contributed by atoms with van der Waals surface area (Å²) < 4.78 is 10.7. The van der Waals surface area contributed by atoms with Crippen molar-refractivity contribution in [1.29, 1.82) is 0 Å². The Kier molecular flexibility index (Phi) is 4.86. The first-order chi connectivity index (χ1) is 14.2. The van der Waals surface area contributed by atoms with Crippen LogP contribution < -0.4 is 14.8 Å². The molecule has 0 saturated heterocycles. The van der Waals surface area contributed by atoms with Crippen LogP contribution in [0.5, 0.6) is 11.5 Å². The number of nitrogens with zero attached hydrogens (tertiary/aromatic N) is 1. The lowest BCUT2D eigenvalue weighted by Gasteiger charge is -2.32. The van der Waals surface area contributed by atoms with Crippen molar-refractivity contribution < 1.29 is 24.2 Å². The standard InChI is InChI=1S/C23H24N2O5/c1-23(2)10-16-19(17(26)11-23)21(27)20-13(22(28)25-16)6-7-15(24-20)14-9-12(29-3)5-8-18(14)30-4/h5-9,21,27H,10-11H2,1-4H3,(H,25,28). The van der Waals surface area contributed by atoms with Crippen LogP contribution in [0.3, 0.4) is 0 Å². The number of carbonyl (C=O) groups is 2. The summed E-state index contributed by atoms with van der Waals surface area (Å²) in [5.74, 6) is 0.644. The summed E-state index contributed by atoms with van der Waals surface area (Å²) in [6.45, 7) is 3.94. The van der Waals surface area contributed by atoms with E-state index in [1.54, 1.807) is 44.6 Å². The molecule has 7 heteroatoms. The number of ketones is 1. The number of aliphatic hydroxyl groups excluding tert-OH is 1. The zero-order chi connectivity index (χ0) is 21.6. The molecule has 1 aliphatic heterocycles. The lowest BCUT2D eigenvalue weighted by atomic mass is 9.74. The molecule has 1 aliphatic carbocycles. The van der Waals surface area contributed by atoms with Crippen LogP contribution in [0.1, 0.15) is 48.8 Å². The number of methoxy groups -OCH3 is 2. The molecule has 1 aromatic carbocycles. The Morgan fingerprint density at radius 2 is 1.83 bits per heavy atom. The third kappa shape index (κ3) is 3.35. The van der Waals surface area contributed by atoms with E-state index in [9.17, 15) is 14.7 Å². The van der Waals surface area contributed by atoms with E-state index in [-0.39, 0.29) is 33.9 Å². The van der Waals surface area contributed by atoms with E-state index in [0.717, 1.165) is 0 Å². The third-order valence-corrected chi connectivity index (χ3v) is 5.57. The molecule has 0 saturated carbocycles. The van der Waals surface area contributed by atoms with Crippen LogP contribution in [0.4, 0.5) is 0 Å². The average Bonchev–Trinajstić information content (AvgIpc) is 2.80. The maximum absolute atomic E-state index is 12.8. The van der Waals surface area contributed by atoms with E-state index in [4.69, 9.17) is 9.47 Å². The van der Waals surface area contributed by atoms with E-state index in [1.807, 2.05) is 13.8 Å². The fourth-order valence-electron chi connectivity index (χ4n) is 4.14. The molecule has 1 aromatic heterocycles. The number of hydrogen-bond acceptors (Lipinski definition) is 6. The molecule has 4 rings (SSSR count). The van der Waals surface area contributed by atoms with Crippen LogP contribution in [0.25, 0.3) is 11.3 Å². The SMILES string of the molecule is COc1ccc(OC)c(-c2ccc3c(n2)C(O)C2=C(CC(C)(C)CC2=O)NC3=O)c1. The lowest BCUT2D eigenvalue weighted by Crippen LogP contribution is -2.33. The van der Waals surface area contributed by atoms with Crippen molar-refractivity contribution in [3.8, 4) is 22.8 Å². The summed E-state index contributed by atoms with van der Waals surface area (Å²) in [6, 6.07) is 8.61. The van der Waals surface area contributed by atoms with Crippen molar-refractivity contribution in [2.75, 3.05) is 14.2 Å². The van der Waals surface area contributed by atoms with Gasteiger partial charge in [0.15, 0.2) is 5.78 Å². The summed E-state index contributed by atoms with van der Waals surface area (Å²) in [4.78, 5) is 30.3. The highest BCUT2D eigenvalue weighted by Crippen LogP contribution is 2.42. The van der Waals surface area contributed by atoms with E-state index >= 15 is 0 Å². The number of aromatic nitrogens is 1. The summed E-state index contributed by atoms with van der Waals surface area (Å²) >= 11 is 0. The molecule has 1 amide bonds. The highest BCUT2D eigenvalue weighted by atomic mass is 16.5. The Balaban J connectivity index is 1.86. The number of amides is 1. The number of nitrogens with one attached hydrogen (secondary N) is 1. The molecule has 2 N–H and O–H groups in total. The second kappa shape index (κ2) is 7.25. The van der Waals surface area contributed by atoms with Gasteiger partial charge in [-0.3, -0.25) is 9.59 Å². The minimum Gasteiger partial charge on any atom is -0.497 e. The molecule has 0 bridgehead atoms. The first kappa shape index (κ1) is 20.1. The van der Waals surface area contributed by atoms with Gasteiger partial charge in [-0.15, -0.1) is 0 Å². The number of rotatable bonds is 3. The number of Topliss-reactive ketones (excluding diaryl/α,β-unsaturated/α-hetero) is 1. The Morgan fingerprint density at radius 1 is 1.07 bits per heavy atom. The molecule has 2 aliphatic rings. The van der Waals surface area contributed by atoms with Gasteiger partial charge in [-0.25, -0.2) is 4.98 Å². The summed E-state index contributed by atoms with van der Waals surface area (Å²) in [7, 11) is 3.12. The monoisotopic (exact) mass is 408 g/mol. The fraction of sp³-hybridized carbons (Fsp3) is 0.348. The van der Waals surface area contributed by atoms with Crippen LogP contribution in [0.2, 0.25) is 0 Å². The van der Waals surface area contributed by atoms with Crippen molar-refractivity contribution in [3.63, 3.8) is 0 Å². The number of ether oxygens (including phenoxy) is 2. The van der Waals surface area contributed by atoms with Gasteiger partial charge in [-0.1, -0.05) is 13.8 Å². The number of carbonyl (C=O) groups excluding carboxylic acids is 2. The van der Waals surface area contributed by atoms with E-state index in [1.165, 1.54) is 0 Å².